The van der Waals surface area contributed by atoms with Gasteiger partial charge in [0.15, 0.2) is 0 Å². The van der Waals surface area contributed by atoms with Gasteiger partial charge >= 0.3 is 24.3 Å². The van der Waals surface area contributed by atoms with Crippen molar-refractivity contribution in [3.8, 4) is 0 Å². The summed E-state index contributed by atoms with van der Waals surface area (Å²) in [6, 6.07) is 11.4. The van der Waals surface area contributed by atoms with Crippen LogP contribution in [0.4, 0.5) is 26.3 Å². The van der Waals surface area contributed by atoms with Crippen molar-refractivity contribution in [2.24, 2.45) is 11.8 Å². The van der Waals surface area contributed by atoms with Gasteiger partial charge in [-0.3, -0.25) is 4.90 Å². The standard InChI is InChI=1S/C16H24N2O.2C2HF3O2/c1-17(2)16-12-19-11-14-9-18(10-15(14)16)8-13-6-4-3-5-7-13;2*3-2(4,5)1(6)7/h3-7,14-16H,8-12H2,1-2H3;2*(H,6,7)/t14-,15-,16+;;/m0../s1. The van der Waals surface area contributed by atoms with Gasteiger partial charge in [-0.15, -0.1) is 0 Å². The smallest absolute Gasteiger partial charge is 0.475 e. The van der Waals surface area contributed by atoms with Crippen molar-refractivity contribution in [3.05, 3.63) is 35.9 Å². The Morgan fingerprint density at radius 2 is 1.45 bits per heavy atom. The normalized spacial score (nSPS) is 23.0. The predicted octanol–water partition coefficient (Wildman–Crippen LogP) is 2.96. The molecule has 7 nitrogen and oxygen atoms in total. The van der Waals surface area contributed by atoms with Gasteiger partial charge in [0.2, 0.25) is 0 Å². The number of aliphatic carboxylic acids is 2. The lowest BCUT2D eigenvalue weighted by molar-refractivity contribution is -0.193. The zero-order valence-electron chi connectivity index (χ0n) is 17.9. The summed E-state index contributed by atoms with van der Waals surface area (Å²) in [6.45, 7) is 5.32. The van der Waals surface area contributed by atoms with E-state index in [2.05, 4.69) is 54.2 Å². The summed E-state index contributed by atoms with van der Waals surface area (Å²) in [6.07, 6.45) is -10.2. The lowest BCUT2D eigenvalue weighted by atomic mass is 9.87. The van der Waals surface area contributed by atoms with Crippen LogP contribution in [0.25, 0.3) is 0 Å². The number of halogens is 6. The molecule has 0 spiro atoms. The molecule has 1 aromatic rings. The summed E-state index contributed by atoms with van der Waals surface area (Å²) >= 11 is 0. The first-order valence-electron chi connectivity index (χ1n) is 9.73. The zero-order chi connectivity index (χ0) is 25.4. The van der Waals surface area contributed by atoms with Crippen molar-refractivity contribution in [1.82, 2.24) is 9.80 Å². The summed E-state index contributed by atoms with van der Waals surface area (Å²) in [5, 5.41) is 14.2. The molecule has 0 aliphatic carbocycles. The molecule has 2 N–H and O–H groups in total. The summed E-state index contributed by atoms with van der Waals surface area (Å²) in [5.74, 6) is -4.03. The monoisotopic (exact) mass is 488 g/mol. The Labute approximate surface area is 186 Å². The maximum absolute atomic E-state index is 10.6. The van der Waals surface area contributed by atoms with Crippen molar-refractivity contribution in [3.63, 3.8) is 0 Å². The molecule has 0 unspecified atom stereocenters. The molecule has 0 aromatic heterocycles. The molecule has 0 amide bonds. The molecule has 2 heterocycles. The van der Waals surface area contributed by atoms with Gasteiger partial charge < -0.3 is 19.8 Å². The van der Waals surface area contributed by atoms with Gasteiger partial charge in [-0.2, -0.15) is 26.3 Å². The third-order valence-corrected chi connectivity index (χ3v) is 5.08. The summed E-state index contributed by atoms with van der Waals surface area (Å²) in [4.78, 5) is 22.7. The molecule has 2 saturated heterocycles. The maximum Gasteiger partial charge on any atom is 0.490 e. The average Bonchev–Trinajstić information content (AvgIpc) is 3.10. The molecule has 2 aliphatic heterocycles. The number of carboxylic acid groups (broad SMARTS) is 2. The van der Waals surface area contributed by atoms with E-state index >= 15 is 0 Å². The van der Waals surface area contributed by atoms with E-state index in [-0.39, 0.29) is 0 Å². The van der Waals surface area contributed by atoms with Gasteiger partial charge in [0.1, 0.15) is 0 Å². The molecule has 3 atom stereocenters. The summed E-state index contributed by atoms with van der Waals surface area (Å²) < 4.78 is 69.3. The van der Waals surface area contributed by atoms with Crippen LogP contribution in [-0.2, 0) is 20.9 Å². The van der Waals surface area contributed by atoms with E-state index in [1.165, 1.54) is 18.7 Å². The van der Waals surface area contributed by atoms with Gasteiger partial charge in [0.05, 0.1) is 13.2 Å². The van der Waals surface area contributed by atoms with Crippen LogP contribution >= 0.6 is 0 Å². The third kappa shape index (κ3) is 9.96. The number of rotatable bonds is 3. The molecule has 0 radical (unpaired) electrons. The van der Waals surface area contributed by atoms with E-state index in [1.807, 2.05) is 0 Å². The van der Waals surface area contributed by atoms with Gasteiger partial charge in [-0.05, 0) is 25.6 Å². The van der Waals surface area contributed by atoms with Crippen LogP contribution in [0.1, 0.15) is 5.56 Å². The highest BCUT2D eigenvalue weighted by Gasteiger charge is 2.41. The topological polar surface area (TPSA) is 90.3 Å². The predicted molar refractivity (Wildman–Crippen MR) is 104 cm³/mol. The van der Waals surface area contributed by atoms with Crippen molar-refractivity contribution >= 4 is 11.9 Å². The molecular formula is C20H26F6N2O5. The molecule has 13 heteroatoms. The van der Waals surface area contributed by atoms with Crippen LogP contribution in [0.3, 0.4) is 0 Å². The van der Waals surface area contributed by atoms with Crippen LogP contribution in [0, 0.1) is 11.8 Å². The minimum Gasteiger partial charge on any atom is -0.475 e. The van der Waals surface area contributed by atoms with Crippen molar-refractivity contribution in [2.45, 2.75) is 24.9 Å². The summed E-state index contributed by atoms with van der Waals surface area (Å²) in [7, 11) is 4.35. The minimum atomic E-state index is -5.08. The molecule has 2 fully saturated rings. The molecule has 188 valence electrons. The summed E-state index contributed by atoms with van der Waals surface area (Å²) in [5.41, 5.74) is 1.42. The highest BCUT2D eigenvalue weighted by Crippen LogP contribution is 2.32. The second-order valence-electron chi connectivity index (χ2n) is 7.78. The first kappa shape index (κ1) is 28.7. The van der Waals surface area contributed by atoms with Crippen LogP contribution in [0.15, 0.2) is 30.3 Å². The number of alkyl halides is 6. The Morgan fingerprint density at radius 1 is 0.970 bits per heavy atom. The van der Waals surface area contributed by atoms with Gasteiger partial charge in [-0.1, -0.05) is 30.3 Å². The zero-order valence-corrected chi connectivity index (χ0v) is 17.9. The number of likely N-dealkylation sites (tertiary alicyclic amines) is 1. The molecule has 0 bridgehead atoms. The Kier molecular flexibility index (Phi) is 10.6. The van der Waals surface area contributed by atoms with E-state index in [9.17, 15) is 26.3 Å². The van der Waals surface area contributed by atoms with Gasteiger partial charge in [0.25, 0.3) is 0 Å². The first-order chi connectivity index (χ1) is 15.1. The van der Waals surface area contributed by atoms with Gasteiger partial charge in [0, 0.05) is 31.6 Å². The van der Waals surface area contributed by atoms with Gasteiger partial charge in [-0.25, -0.2) is 9.59 Å². The fraction of sp³-hybridized carbons (Fsp3) is 0.600. The van der Waals surface area contributed by atoms with E-state index < -0.39 is 24.3 Å². The Bertz CT molecular complexity index is 734. The third-order valence-electron chi connectivity index (χ3n) is 5.08. The number of hydrogen-bond acceptors (Lipinski definition) is 5. The molecule has 2 aliphatic rings. The van der Waals surface area contributed by atoms with Crippen molar-refractivity contribution in [2.75, 3.05) is 40.4 Å². The van der Waals surface area contributed by atoms with Crippen LogP contribution < -0.4 is 0 Å². The Balaban J connectivity index is 0.000000324. The maximum atomic E-state index is 10.6. The SMILES string of the molecule is CN(C)[C@@H]1COC[C@@H]2CN(Cc3ccccc3)C[C@@H]21.O=C(O)C(F)(F)F.O=C(O)C(F)(F)F. The fourth-order valence-electron chi connectivity index (χ4n) is 3.57. The first-order valence-corrected chi connectivity index (χ1v) is 9.73. The molecule has 3 rings (SSSR count). The molecular weight excluding hydrogens is 462 g/mol. The van der Waals surface area contributed by atoms with Crippen molar-refractivity contribution in [1.29, 1.82) is 0 Å². The lowest BCUT2D eigenvalue weighted by Crippen LogP contribution is -2.47. The second kappa shape index (κ2) is 12.2. The number of carbonyl (C=O) groups is 2. The fourth-order valence-corrected chi connectivity index (χ4v) is 3.57. The lowest BCUT2D eigenvalue weighted by Gasteiger charge is -2.37. The van der Waals surface area contributed by atoms with Crippen LogP contribution in [0.2, 0.25) is 0 Å². The highest BCUT2D eigenvalue weighted by molar-refractivity contribution is 5.73. The van der Waals surface area contributed by atoms with Crippen molar-refractivity contribution < 1.29 is 50.9 Å². The van der Waals surface area contributed by atoms with E-state index in [4.69, 9.17) is 24.5 Å². The average molecular weight is 488 g/mol. The quantitative estimate of drug-likeness (QED) is 0.633. The Morgan fingerprint density at radius 3 is 1.88 bits per heavy atom. The Hall–Kier alpha value is -2.38. The highest BCUT2D eigenvalue weighted by atomic mass is 19.4. The van der Waals surface area contributed by atoms with Crippen LogP contribution in [0.5, 0.6) is 0 Å². The van der Waals surface area contributed by atoms with E-state index in [1.54, 1.807) is 0 Å². The number of carboxylic acids is 2. The number of ether oxygens (including phenoxy) is 1. The minimum absolute atomic E-state index is 0.583. The van der Waals surface area contributed by atoms with E-state index in [0.717, 1.165) is 25.7 Å². The second-order valence-corrected chi connectivity index (χ2v) is 7.78. The number of hydrogen-bond donors (Lipinski definition) is 2. The molecule has 33 heavy (non-hydrogen) atoms. The largest absolute Gasteiger partial charge is 0.490 e. The number of nitrogens with zero attached hydrogens (tertiary/aromatic N) is 2. The van der Waals surface area contributed by atoms with Crippen LogP contribution in [-0.4, -0.2) is 90.7 Å². The molecule has 1 aromatic carbocycles. The number of likely N-dealkylation sites (N-methyl/N-ethyl adjacent to an activating group) is 1. The molecule has 0 saturated carbocycles. The number of fused-ring (bicyclic) bond motifs is 1. The number of benzene rings is 1. The van der Waals surface area contributed by atoms with E-state index in [0.29, 0.717) is 12.0 Å².